The normalized spacial score (nSPS) is 10.3. The maximum Gasteiger partial charge on any atom is 0.336 e. The van der Waals surface area contributed by atoms with E-state index < -0.39 is 17.6 Å². The molecule has 0 bridgehead atoms. The molecule has 102 valence electrons. The molecule has 0 aromatic heterocycles. The molecule has 0 radical (unpaired) electrons. The van der Waals surface area contributed by atoms with Crippen LogP contribution in [0.4, 0.5) is 4.39 Å². The van der Waals surface area contributed by atoms with Crippen molar-refractivity contribution in [3.8, 4) is 0 Å². The van der Waals surface area contributed by atoms with Gasteiger partial charge in [-0.2, -0.15) is 0 Å². The summed E-state index contributed by atoms with van der Waals surface area (Å²) in [5.41, 5.74) is -0.500. The Labute approximate surface area is 127 Å². The Balaban J connectivity index is 2.56. The highest BCUT2D eigenvalue weighted by Crippen LogP contribution is 2.22. The van der Waals surface area contributed by atoms with E-state index in [9.17, 15) is 14.0 Å². The minimum atomic E-state index is -1.26. The van der Waals surface area contributed by atoms with E-state index in [0.717, 1.165) is 6.07 Å². The summed E-state index contributed by atoms with van der Waals surface area (Å²) in [4.78, 5) is 23.4. The third-order valence-corrected chi connectivity index (χ3v) is 3.36. The summed E-state index contributed by atoms with van der Waals surface area (Å²) >= 11 is 8.75. The van der Waals surface area contributed by atoms with Crippen molar-refractivity contribution in [2.45, 2.75) is 0 Å². The molecule has 2 aromatic rings. The van der Waals surface area contributed by atoms with Gasteiger partial charge in [0.15, 0.2) is 5.78 Å². The van der Waals surface area contributed by atoms with Crippen molar-refractivity contribution in [1.82, 2.24) is 0 Å². The fourth-order valence-corrected chi connectivity index (χ4v) is 2.23. The third-order valence-electron chi connectivity index (χ3n) is 2.63. The zero-order valence-electron chi connectivity index (χ0n) is 9.86. The van der Waals surface area contributed by atoms with Crippen LogP contribution in [0.15, 0.2) is 40.9 Å². The number of aromatic carboxylic acids is 1. The number of carbonyl (C=O) groups is 2. The number of hydrogen-bond acceptors (Lipinski definition) is 2. The van der Waals surface area contributed by atoms with E-state index in [0.29, 0.717) is 4.47 Å². The van der Waals surface area contributed by atoms with Gasteiger partial charge in [-0.1, -0.05) is 27.5 Å². The number of carboxylic acids is 1. The SMILES string of the molecule is O=C(O)c1cc(Br)ccc1C(=O)c1ccc(Cl)cc1F. The Hall–Kier alpha value is -1.72. The van der Waals surface area contributed by atoms with Gasteiger partial charge in [-0.15, -0.1) is 0 Å². The van der Waals surface area contributed by atoms with Crippen LogP contribution in [-0.2, 0) is 0 Å². The van der Waals surface area contributed by atoms with Crippen molar-refractivity contribution in [3.05, 3.63) is 68.4 Å². The van der Waals surface area contributed by atoms with Crippen molar-refractivity contribution in [2.24, 2.45) is 0 Å². The molecule has 0 aliphatic carbocycles. The summed E-state index contributed by atoms with van der Waals surface area (Å²) in [7, 11) is 0. The summed E-state index contributed by atoms with van der Waals surface area (Å²) in [5, 5.41) is 9.27. The predicted molar refractivity (Wildman–Crippen MR) is 75.9 cm³/mol. The van der Waals surface area contributed by atoms with Crippen molar-refractivity contribution < 1.29 is 19.1 Å². The number of carbonyl (C=O) groups excluding carboxylic acids is 1. The molecule has 0 amide bonds. The number of carboxylic acid groups (broad SMARTS) is 1. The first-order chi connectivity index (χ1) is 9.40. The molecule has 0 atom stereocenters. The molecular weight excluding hydrogens is 351 g/mol. The summed E-state index contributed by atoms with van der Waals surface area (Å²) in [6.45, 7) is 0. The van der Waals surface area contributed by atoms with Crippen molar-refractivity contribution in [2.75, 3.05) is 0 Å². The monoisotopic (exact) mass is 356 g/mol. The molecule has 0 heterocycles. The average molecular weight is 358 g/mol. The van der Waals surface area contributed by atoms with Gasteiger partial charge in [0.2, 0.25) is 0 Å². The molecule has 2 rings (SSSR count). The second-order valence-electron chi connectivity index (χ2n) is 3.95. The van der Waals surface area contributed by atoms with Crippen molar-refractivity contribution >= 4 is 39.3 Å². The van der Waals surface area contributed by atoms with Gasteiger partial charge in [0.1, 0.15) is 5.82 Å². The lowest BCUT2D eigenvalue weighted by Gasteiger charge is -2.07. The molecule has 3 nitrogen and oxygen atoms in total. The molecule has 20 heavy (non-hydrogen) atoms. The standard InChI is InChI=1S/C14H7BrClFO3/c15-7-1-3-9(11(5-7)14(19)20)13(18)10-4-2-8(16)6-12(10)17/h1-6H,(H,19,20). The number of benzene rings is 2. The second-order valence-corrected chi connectivity index (χ2v) is 5.30. The van der Waals surface area contributed by atoms with Gasteiger partial charge in [-0.3, -0.25) is 4.79 Å². The quantitative estimate of drug-likeness (QED) is 0.839. The van der Waals surface area contributed by atoms with Crippen LogP contribution >= 0.6 is 27.5 Å². The molecule has 0 spiro atoms. The Kier molecular flexibility index (Phi) is 4.20. The molecule has 0 aliphatic heterocycles. The molecule has 6 heteroatoms. The van der Waals surface area contributed by atoms with Crippen LogP contribution in [-0.4, -0.2) is 16.9 Å². The molecule has 1 N–H and O–H groups in total. The van der Waals surface area contributed by atoms with Crippen LogP contribution in [0.1, 0.15) is 26.3 Å². The zero-order chi connectivity index (χ0) is 14.9. The van der Waals surface area contributed by atoms with Gasteiger partial charge >= 0.3 is 5.97 Å². The number of hydrogen-bond donors (Lipinski definition) is 1. The lowest BCUT2D eigenvalue weighted by atomic mass is 9.98. The molecular formula is C14H7BrClFO3. The van der Waals surface area contributed by atoms with Gasteiger partial charge in [0, 0.05) is 15.1 Å². The van der Waals surface area contributed by atoms with Crippen LogP contribution in [0.2, 0.25) is 5.02 Å². The minimum absolute atomic E-state index is 0.0816. The molecule has 0 aliphatic rings. The van der Waals surface area contributed by atoms with Gasteiger partial charge in [0.05, 0.1) is 11.1 Å². The number of rotatable bonds is 3. The van der Waals surface area contributed by atoms with E-state index in [-0.39, 0.29) is 21.7 Å². The number of ketones is 1. The van der Waals surface area contributed by atoms with Gasteiger partial charge in [-0.25, -0.2) is 9.18 Å². The number of halogens is 3. The Morgan fingerprint density at radius 2 is 1.70 bits per heavy atom. The van der Waals surface area contributed by atoms with E-state index >= 15 is 0 Å². The van der Waals surface area contributed by atoms with Gasteiger partial charge < -0.3 is 5.11 Å². The lowest BCUT2D eigenvalue weighted by Crippen LogP contribution is -2.11. The second kappa shape index (κ2) is 5.73. The van der Waals surface area contributed by atoms with E-state index in [1.165, 1.54) is 30.3 Å². The lowest BCUT2D eigenvalue weighted by molar-refractivity contribution is 0.0692. The van der Waals surface area contributed by atoms with Crippen LogP contribution in [0.25, 0.3) is 0 Å². The maximum atomic E-state index is 13.7. The molecule has 0 fully saturated rings. The summed E-state index contributed by atoms with van der Waals surface area (Å²) in [6, 6.07) is 7.76. The highest BCUT2D eigenvalue weighted by molar-refractivity contribution is 9.10. The Morgan fingerprint density at radius 3 is 2.30 bits per heavy atom. The van der Waals surface area contributed by atoms with Gasteiger partial charge in [-0.05, 0) is 36.4 Å². The highest BCUT2D eigenvalue weighted by atomic mass is 79.9. The molecule has 0 unspecified atom stereocenters. The predicted octanol–water partition coefficient (Wildman–Crippen LogP) is 4.17. The fourth-order valence-electron chi connectivity index (χ4n) is 1.71. The highest BCUT2D eigenvalue weighted by Gasteiger charge is 2.20. The van der Waals surface area contributed by atoms with E-state index in [1.807, 2.05) is 0 Å². The Morgan fingerprint density at radius 1 is 1.05 bits per heavy atom. The average Bonchev–Trinajstić information content (AvgIpc) is 2.37. The van der Waals surface area contributed by atoms with Crippen molar-refractivity contribution in [3.63, 3.8) is 0 Å². The first kappa shape index (κ1) is 14.7. The summed E-state index contributed by atoms with van der Waals surface area (Å²) in [6.07, 6.45) is 0. The zero-order valence-corrected chi connectivity index (χ0v) is 12.2. The third kappa shape index (κ3) is 2.89. The minimum Gasteiger partial charge on any atom is -0.478 e. The molecule has 0 saturated heterocycles. The molecule has 2 aromatic carbocycles. The first-order valence-electron chi connectivity index (χ1n) is 5.42. The fraction of sp³-hybridized carbons (Fsp3) is 0. The van der Waals surface area contributed by atoms with Crippen molar-refractivity contribution in [1.29, 1.82) is 0 Å². The van der Waals surface area contributed by atoms with Crippen LogP contribution in [0, 0.1) is 5.82 Å². The van der Waals surface area contributed by atoms with E-state index in [1.54, 1.807) is 0 Å². The van der Waals surface area contributed by atoms with Crippen LogP contribution in [0.3, 0.4) is 0 Å². The van der Waals surface area contributed by atoms with Crippen LogP contribution < -0.4 is 0 Å². The van der Waals surface area contributed by atoms with E-state index in [2.05, 4.69) is 15.9 Å². The largest absolute Gasteiger partial charge is 0.478 e. The van der Waals surface area contributed by atoms with Crippen LogP contribution in [0.5, 0.6) is 0 Å². The maximum absolute atomic E-state index is 13.7. The summed E-state index contributed by atoms with van der Waals surface area (Å²) in [5.74, 6) is -2.75. The first-order valence-corrected chi connectivity index (χ1v) is 6.60. The summed E-state index contributed by atoms with van der Waals surface area (Å²) < 4.78 is 14.3. The molecule has 0 saturated carbocycles. The van der Waals surface area contributed by atoms with E-state index in [4.69, 9.17) is 16.7 Å². The van der Waals surface area contributed by atoms with Gasteiger partial charge in [0.25, 0.3) is 0 Å². The topological polar surface area (TPSA) is 54.4 Å². The Bertz CT molecular complexity index is 716. The smallest absolute Gasteiger partial charge is 0.336 e.